The van der Waals surface area contributed by atoms with E-state index in [9.17, 15) is 9.18 Å². The fraction of sp³-hybridized carbons (Fsp3) is 0.462. The van der Waals surface area contributed by atoms with E-state index in [1.165, 1.54) is 0 Å². The minimum atomic E-state index is -0.314. The number of carbonyl (C=O) groups excluding carboxylic acids is 1. The topological polar surface area (TPSA) is 17.1 Å². The van der Waals surface area contributed by atoms with Crippen LogP contribution in [0.25, 0.3) is 0 Å². The van der Waals surface area contributed by atoms with Gasteiger partial charge in [0.15, 0.2) is 5.78 Å². The van der Waals surface area contributed by atoms with Crippen molar-refractivity contribution in [3.8, 4) is 0 Å². The number of Topliss-reactive ketones (excluding diaryl/α,β-unsaturated/α-hetero) is 1. The maximum Gasteiger partial charge on any atom is 0.166 e. The van der Waals surface area contributed by atoms with Crippen molar-refractivity contribution < 1.29 is 9.18 Å². The van der Waals surface area contributed by atoms with E-state index in [4.69, 9.17) is 0 Å². The Labute approximate surface area is 89.3 Å². The Morgan fingerprint density at radius 1 is 1.33 bits per heavy atom. The number of fused-ring (bicyclic) bond motifs is 1. The van der Waals surface area contributed by atoms with Crippen molar-refractivity contribution in [2.24, 2.45) is 5.92 Å². The number of aryl methyl sites for hydroxylation is 1. The van der Waals surface area contributed by atoms with Crippen LogP contribution in [0.3, 0.4) is 0 Å². The van der Waals surface area contributed by atoms with E-state index in [2.05, 4.69) is 0 Å². The molecule has 0 heterocycles. The van der Waals surface area contributed by atoms with Crippen molar-refractivity contribution in [3.05, 3.63) is 35.4 Å². The minimum absolute atomic E-state index is 0.0515. The molecule has 0 saturated heterocycles. The van der Waals surface area contributed by atoms with Gasteiger partial charge in [-0.15, -0.1) is 0 Å². The first-order chi connectivity index (χ1) is 7.33. The number of hydrogen-bond donors (Lipinski definition) is 0. The number of carbonyl (C=O) groups is 1. The van der Waals surface area contributed by atoms with Crippen LogP contribution >= 0.6 is 0 Å². The number of halogens is 1. The molecular weight excluding hydrogens is 191 g/mol. The summed E-state index contributed by atoms with van der Waals surface area (Å²) >= 11 is 0. The van der Waals surface area contributed by atoms with Crippen molar-refractivity contribution in [1.29, 1.82) is 0 Å². The molecule has 0 aromatic heterocycles. The smallest absolute Gasteiger partial charge is 0.166 e. The summed E-state index contributed by atoms with van der Waals surface area (Å²) in [6, 6.07) is 7.76. The van der Waals surface area contributed by atoms with Gasteiger partial charge in [0.25, 0.3) is 0 Å². The Morgan fingerprint density at radius 3 is 2.93 bits per heavy atom. The number of rotatable bonds is 3. The van der Waals surface area contributed by atoms with Crippen LogP contribution in [0, 0.1) is 5.92 Å². The van der Waals surface area contributed by atoms with E-state index in [-0.39, 0.29) is 18.4 Å². The van der Waals surface area contributed by atoms with Crippen LogP contribution in [0.4, 0.5) is 4.39 Å². The number of alkyl halides is 1. The molecule has 1 aromatic rings. The van der Waals surface area contributed by atoms with E-state index in [0.29, 0.717) is 12.8 Å². The van der Waals surface area contributed by atoms with Gasteiger partial charge >= 0.3 is 0 Å². The highest BCUT2D eigenvalue weighted by atomic mass is 19.1. The fourth-order valence-corrected chi connectivity index (χ4v) is 2.26. The average Bonchev–Trinajstić information content (AvgIpc) is 2.29. The Bertz CT molecular complexity index is 359. The normalized spacial score (nSPS) is 20.1. The molecule has 1 nitrogen and oxygen atoms in total. The first-order valence-electron chi connectivity index (χ1n) is 5.51. The first kappa shape index (κ1) is 10.3. The highest BCUT2D eigenvalue weighted by molar-refractivity contribution is 6.00. The van der Waals surface area contributed by atoms with Crippen LogP contribution < -0.4 is 0 Å². The van der Waals surface area contributed by atoms with Gasteiger partial charge < -0.3 is 0 Å². The summed E-state index contributed by atoms with van der Waals surface area (Å²) in [5.74, 6) is 0.265. The summed E-state index contributed by atoms with van der Waals surface area (Å²) in [4.78, 5) is 12.0. The van der Waals surface area contributed by atoms with Crippen molar-refractivity contribution in [3.63, 3.8) is 0 Å². The summed E-state index contributed by atoms with van der Waals surface area (Å²) in [6.07, 6.45) is 3.05. The number of hydrogen-bond acceptors (Lipinski definition) is 1. The summed E-state index contributed by atoms with van der Waals surface area (Å²) in [7, 11) is 0. The van der Waals surface area contributed by atoms with Gasteiger partial charge in [-0.05, 0) is 31.2 Å². The minimum Gasteiger partial charge on any atom is -0.294 e. The van der Waals surface area contributed by atoms with Gasteiger partial charge in [-0.3, -0.25) is 9.18 Å². The maximum absolute atomic E-state index is 12.1. The lowest BCUT2D eigenvalue weighted by atomic mass is 9.81. The largest absolute Gasteiger partial charge is 0.294 e. The molecule has 1 aromatic carbocycles. The predicted molar refractivity (Wildman–Crippen MR) is 57.8 cm³/mol. The third-order valence-electron chi connectivity index (χ3n) is 3.10. The van der Waals surface area contributed by atoms with Gasteiger partial charge in [0.1, 0.15) is 0 Å². The zero-order chi connectivity index (χ0) is 10.7. The van der Waals surface area contributed by atoms with E-state index in [0.717, 1.165) is 24.0 Å². The molecule has 0 radical (unpaired) electrons. The Morgan fingerprint density at radius 2 is 2.13 bits per heavy atom. The molecule has 2 heteroatoms. The molecule has 0 aliphatic heterocycles. The quantitative estimate of drug-likeness (QED) is 0.742. The van der Waals surface area contributed by atoms with Crippen molar-refractivity contribution in [2.45, 2.75) is 25.7 Å². The van der Waals surface area contributed by atoms with Crippen LogP contribution in [0.5, 0.6) is 0 Å². The molecule has 1 aliphatic carbocycles. The third-order valence-corrected chi connectivity index (χ3v) is 3.10. The van der Waals surface area contributed by atoms with E-state index in [1.54, 1.807) is 0 Å². The molecule has 1 unspecified atom stereocenters. The summed E-state index contributed by atoms with van der Waals surface area (Å²) in [5.41, 5.74) is 2.01. The van der Waals surface area contributed by atoms with Crippen LogP contribution in [-0.2, 0) is 6.42 Å². The standard InChI is InChI=1S/C13H15FO/c14-9-3-5-11-8-7-10-4-1-2-6-12(10)13(11)15/h1-2,4,6,11H,3,5,7-9H2. The molecule has 1 atom stereocenters. The van der Waals surface area contributed by atoms with Crippen molar-refractivity contribution in [1.82, 2.24) is 0 Å². The molecule has 0 spiro atoms. The molecule has 0 amide bonds. The maximum atomic E-state index is 12.1. The SMILES string of the molecule is O=C1c2ccccc2CCC1CCCF. The number of benzene rings is 1. The predicted octanol–water partition coefficient (Wildman–Crippen LogP) is 3.18. The molecule has 2 rings (SSSR count). The van der Waals surface area contributed by atoms with Crippen molar-refractivity contribution >= 4 is 5.78 Å². The van der Waals surface area contributed by atoms with E-state index >= 15 is 0 Å². The Balaban J connectivity index is 2.15. The Hall–Kier alpha value is -1.18. The molecule has 0 saturated carbocycles. The van der Waals surface area contributed by atoms with Crippen LogP contribution in [0.15, 0.2) is 24.3 Å². The molecular formula is C13H15FO. The Kier molecular flexibility index (Phi) is 3.14. The lowest BCUT2D eigenvalue weighted by Gasteiger charge is -2.22. The van der Waals surface area contributed by atoms with Crippen LogP contribution in [0.1, 0.15) is 35.2 Å². The number of ketones is 1. The molecule has 0 N–H and O–H groups in total. The molecule has 80 valence electrons. The van der Waals surface area contributed by atoms with Gasteiger partial charge in [0.2, 0.25) is 0 Å². The van der Waals surface area contributed by atoms with Crippen LogP contribution in [-0.4, -0.2) is 12.5 Å². The fourth-order valence-electron chi connectivity index (χ4n) is 2.26. The highest BCUT2D eigenvalue weighted by Crippen LogP contribution is 2.28. The summed E-state index contributed by atoms with van der Waals surface area (Å²) < 4.78 is 12.1. The average molecular weight is 206 g/mol. The third kappa shape index (κ3) is 2.09. The molecule has 0 bridgehead atoms. The van der Waals surface area contributed by atoms with Gasteiger partial charge in [-0.1, -0.05) is 24.3 Å². The van der Waals surface area contributed by atoms with Crippen molar-refractivity contribution in [2.75, 3.05) is 6.67 Å². The molecule has 15 heavy (non-hydrogen) atoms. The first-order valence-corrected chi connectivity index (χ1v) is 5.51. The zero-order valence-corrected chi connectivity index (χ0v) is 8.71. The van der Waals surface area contributed by atoms with E-state index < -0.39 is 0 Å². The van der Waals surface area contributed by atoms with Gasteiger partial charge in [-0.25, -0.2) is 0 Å². The second kappa shape index (κ2) is 4.56. The van der Waals surface area contributed by atoms with E-state index in [1.807, 2.05) is 24.3 Å². The summed E-state index contributed by atoms with van der Waals surface area (Å²) in [6.45, 7) is -0.314. The zero-order valence-electron chi connectivity index (χ0n) is 8.71. The van der Waals surface area contributed by atoms with Crippen LogP contribution in [0.2, 0.25) is 0 Å². The lowest BCUT2D eigenvalue weighted by molar-refractivity contribution is 0.0891. The highest BCUT2D eigenvalue weighted by Gasteiger charge is 2.26. The second-order valence-electron chi connectivity index (χ2n) is 4.09. The van der Waals surface area contributed by atoms with Gasteiger partial charge in [0, 0.05) is 11.5 Å². The van der Waals surface area contributed by atoms with Gasteiger partial charge in [-0.2, -0.15) is 0 Å². The molecule has 0 fully saturated rings. The monoisotopic (exact) mass is 206 g/mol. The molecule has 1 aliphatic rings. The lowest BCUT2D eigenvalue weighted by Crippen LogP contribution is -2.22. The van der Waals surface area contributed by atoms with Gasteiger partial charge in [0.05, 0.1) is 6.67 Å². The summed E-state index contributed by atoms with van der Waals surface area (Å²) in [5, 5.41) is 0. The second-order valence-corrected chi connectivity index (χ2v) is 4.09.